The molecule has 1 aromatic rings. The second-order valence-corrected chi connectivity index (χ2v) is 7.84. The van der Waals surface area contributed by atoms with Crippen molar-refractivity contribution in [3.8, 4) is 0 Å². The van der Waals surface area contributed by atoms with Gasteiger partial charge in [0.15, 0.2) is 0 Å². The van der Waals surface area contributed by atoms with Crippen LogP contribution in [-0.2, 0) is 10.0 Å². The Labute approximate surface area is 132 Å². The van der Waals surface area contributed by atoms with Gasteiger partial charge in [0.25, 0.3) is 0 Å². The molecule has 0 aliphatic carbocycles. The number of sulfonamides is 1. The molecule has 120 valence electrons. The normalized spacial score (nSPS) is 13.7. The van der Waals surface area contributed by atoms with E-state index in [1.165, 1.54) is 16.6 Å². The lowest BCUT2D eigenvalue weighted by atomic mass is 10.1. The molecule has 0 fully saturated rings. The van der Waals surface area contributed by atoms with Crippen molar-refractivity contribution in [3.05, 3.63) is 17.3 Å². The molecule has 0 saturated heterocycles. The Morgan fingerprint density at radius 1 is 1.38 bits per heavy atom. The summed E-state index contributed by atoms with van der Waals surface area (Å²) in [7, 11) is -2.00. The van der Waals surface area contributed by atoms with Gasteiger partial charge in [0.1, 0.15) is 10.7 Å². The Balaban J connectivity index is 3.07. The van der Waals surface area contributed by atoms with Gasteiger partial charge in [-0.15, -0.1) is 0 Å². The zero-order valence-corrected chi connectivity index (χ0v) is 14.8. The molecule has 21 heavy (non-hydrogen) atoms. The number of hydrogen-bond acceptors (Lipinski definition) is 4. The van der Waals surface area contributed by atoms with E-state index in [1.807, 2.05) is 27.7 Å². The molecule has 0 saturated carbocycles. The van der Waals surface area contributed by atoms with Crippen LogP contribution in [0.2, 0.25) is 5.02 Å². The van der Waals surface area contributed by atoms with Crippen LogP contribution < -0.4 is 5.32 Å². The van der Waals surface area contributed by atoms with E-state index in [9.17, 15) is 8.42 Å². The molecule has 1 N–H and O–H groups in total. The van der Waals surface area contributed by atoms with Crippen LogP contribution in [0.3, 0.4) is 0 Å². The number of aromatic nitrogens is 1. The highest BCUT2D eigenvalue weighted by molar-refractivity contribution is 7.89. The molecule has 1 heterocycles. The molecular formula is C14H24ClN3O2S. The third kappa shape index (κ3) is 4.31. The van der Waals surface area contributed by atoms with E-state index < -0.39 is 10.0 Å². The minimum absolute atomic E-state index is 0.105. The van der Waals surface area contributed by atoms with Crippen LogP contribution in [0.5, 0.6) is 0 Å². The van der Waals surface area contributed by atoms with E-state index in [-0.39, 0.29) is 16.9 Å². The third-order valence-electron chi connectivity index (χ3n) is 3.57. The van der Waals surface area contributed by atoms with Crippen LogP contribution >= 0.6 is 11.6 Å². The molecule has 0 radical (unpaired) electrons. The molecule has 0 amide bonds. The number of halogens is 1. The van der Waals surface area contributed by atoms with Crippen molar-refractivity contribution in [2.45, 2.75) is 45.1 Å². The Morgan fingerprint density at radius 3 is 2.48 bits per heavy atom. The fraction of sp³-hybridized carbons (Fsp3) is 0.643. The second kappa shape index (κ2) is 7.42. The molecule has 0 aliphatic heterocycles. The summed E-state index contributed by atoms with van der Waals surface area (Å²) in [4.78, 5) is 4.24. The maximum Gasteiger partial charge on any atom is 0.244 e. The standard InChI is InChI=1S/C14H24ClN3O2S/c1-6-7-16-14-13(15)8-12(9-17-14)21(19,20)18(5)11(4)10(2)3/h8-11H,6-7H2,1-5H3,(H,16,17). The molecule has 1 unspecified atom stereocenters. The summed E-state index contributed by atoms with van der Waals surface area (Å²) in [6.07, 6.45) is 2.29. The maximum absolute atomic E-state index is 12.6. The smallest absolute Gasteiger partial charge is 0.244 e. The van der Waals surface area contributed by atoms with E-state index in [1.54, 1.807) is 7.05 Å². The molecule has 0 aromatic carbocycles. The second-order valence-electron chi connectivity index (χ2n) is 5.43. The summed E-state index contributed by atoms with van der Waals surface area (Å²) >= 11 is 6.11. The van der Waals surface area contributed by atoms with Crippen LogP contribution in [0.1, 0.15) is 34.1 Å². The van der Waals surface area contributed by atoms with Crippen LogP contribution in [-0.4, -0.2) is 37.3 Å². The van der Waals surface area contributed by atoms with Gasteiger partial charge < -0.3 is 5.32 Å². The number of anilines is 1. The van der Waals surface area contributed by atoms with Crippen LogP contribution in [0.15, 0.2) is 17.2 Å². The first kappa shape index (κ1) is 18.2. The van der Waals surface area contributed by atoms with E-state index in [4.69, 9.17) is 11.6 Å². The lowest BCUT2D eigenvalue weighted by molar-refractivity contribution is 0.315. The van der Waals surface area contributed by atoms with Crippen LogP contribution in [0.25, 0.3) is 0 Å². The Morgan fingerprint density at radius 2 is 2.00 bits per heavy atom. The predicted molar refractivity (Wildman–Crippen MR) is 87.3 cm³/mol. The SMILES string of the molecule is CCCNc1ncc(S(=O)(=O)N(C)C(C)C(C)C)cc1Cl. The quantitative estimate of drug-likeness (QED) is 0.832. The third-order valence-corrected chi connectivity index (χ3v) is 5.77. The number of nitrogens with one attached hydrogen (secondary N) is 1. The van der Waals surface area contributed by atoms with Gasteiger partial charge >= 0.3 is 0 Å². The van der Waals surface area contributed by atoms with E-state index in [2.05, 4.69) is 10.3 Å². The summed E-state index contributed by atoms with van der Waals surface area (Å²) in [6, 6.07) is 1.34. The van der Waals surface area contributed by atoms with Crippen LogP contribution in [0.4, 0.5) is 5.82 Å². The molecule has 1 atom stereocenters. The molecule has 1 rings (SSSR count). The first-order valence-electron chi connectivity index (χ1n) is 7.09. The summed E-state index contributed by atoms with van der Waals surface area (Å²) in [5.74, 6) is 0.732. The number of hydrogen-bond donors (Lipinski definition) is 1. The molecular weight excluding hydrogens is 310 g/mol. The van der Waals surface area contributed by atoms with Crippen molar-refractivity contribution < 1.29 is 8.42 Å². The van der Waals surface area contributed by atoms with Crippen molar-refractivity contribution in [1.82, 2.24) is 9.29 Å². The highest BCUT2D eigenvalue weighted by atomic mass is 35.5. The largest absolute Gasteiger partial charge is 0.369 e. The van der Waals surface area contributed by atoms with Crippen molar-refractivity contribution >= 4 is 27.4 Å². The summed E-state index contributed by atoms with van der Waals surface area (Å²) in [5, 5.41) is 3.37. The van der Waals surface area contributed by atoms with Gasteiger partial charge in [0.05, 0.1) is 5.02 Å². The zero-order valence-electron chi connectivity index (χ0n) is 13.2. The summed E-state index contributed by atoms with van der Waals surface area (Å²) < 4.78 is 26.5. The van der Waals surface area contributed by atoms with Gasteiger partial charge in [0, 0.05) is 25.8 Å². The monoisotopic (exact) mass is 333 g/mol. The highest BCUT2D eigenvalue weighted by Crippen LogP contribution is 2.25. The number of nitrogens with zero attached hydrogens (tertiary/aromatic N) is 2. The van der Waals surface area contributed by atoms with Crippen molar-refractivity contribution in [1.29, 1.82) is 0 Å². The van der Waals surface area contributed by atoms with Gasteiger partial charge in [0.2, 0.25) is 10.0 Å². The summed E-state index contributed by atoms with van der Waals surface area (Å²) in [6.45, 7) is 8.62. The van der Waals surface area contributed by atoms with Gasteiger partial charge in [-0.3, -0.25) is 0 Å². The van der Waals surface area contributed by atoms with E-state index in [0.717, 1.165) is 13.0 Å². The average molecular weight is 334 g/mol. The fourth-order valence-corrected chi connectivity index (χ4v) is 3.50. The molecule has 0 aliphatic rings. The van der Waals surface area contributed by atoms with Gasteiger partial charge in [-0.05, 0) is 25.3 Å². The predicted octanol–water partition coefficient (Wildman–Crippen LogP) is 3.22. The Bertz CT molecular complexity index is 576. The maximum atomic E-state index is 12.6. The minimum atomic E-state index is -3.58. The molecule has 5 nitrogen and oxygen atoms in total. The number of rotatable bonds is 7. The zero-order chi connectivity index (χ0) is 16.2. The van der Waals surface area contributed by atoms with Crippen LogP contribution in [0, 0.1) is 5.92 Å². The van der Waals surface area contributed by atoms with Gasteiger partial charge in [-0.1, -0.05) is 32.4 Å². The average Bonchev–Trinajstić information content (AvgIpc) is 2.44. The molecule has 1 aromatic heterocycles. The summed E-state index contributed by atoms with van der Waals surface area (Å²) in [5.41, 5.74) is 0. The first-order chi connectivity index (χ1) is 9.71. The lowest BCUT2D eigenvalue weighted by Gasteiger charge is -2.27. The van der Waals surface area contributed by atoms with Crippen molar-refractivity contribution in [3.63, 3.8) is 0 Å². The molecule has 7 heteroatoms. The molecule has 0 spiro atoms. The van der Waals surface area contributed by atoms with E-state index in [0.29, 0.717) is 10.8 Å². The fourth-order valence-electron chi connectivity index (χ4n) is 1.74. The number of pyridine rings is 1. The first-order valence-corrected chi connectivity index (χ1v) is 8.91. The molecule has 0 bridgehead atoms. The Kier molecular flexibility index (Phi) is 6.43. The van der Waals surface area contributed by atoms with Gasteiger partial charge in [-0.2, -0.15) is 4.31 Å². The lowest BCUT2D eigenvalue weighted by Crippen LogP contribution is -2.38. The minimum Gasteiger partial charge on any atom is -0.369 e. The topological polar surface area (TPSA) is 62.3 Å². The van der Waals surface area contributed by atoms with E-state index >= 15 is 0 Å². The van der Waals surface area contributed by atoms with Gasteiger partial charge in [-0.25, -0.2) is 13.4 Å². The van der Waals surface area contributed by atoms with Crippen molar-refractivity contribution in [2.75, 3.05) is 18.9 Å². The highest BCUT2D eigenvalue weighted by Gasteiger charge is 2.27. The van der Waals surface area contributed by atoms with Crippen molar-refractivity contribution in [2.24, 2.45) is 5.92 Å². The Hall–Kier alpha value is -0.850.